The van der Waals surface area contributed by atoms with Crippen LogP contribution in [0.1, 0.15) is 62.8 Å². The molecule has 7 nitrogen and oxygen atoms in total. The standard InChI is InChI=1S/C20H23F6N5O2/c21-19(22,23)12-10-13(27)14-16-29-30-17(33-16)18(32,20(24,25)26)8-3-1-2-4-9-31(15(12)28-14)11-6-5-7-11/h10-11,32H,1-9,27H2. The van der Waals surface area contributed by atoms with Crippen LogP contribution < -0.4 is 10.6 Å². The van der Waals surface area contributed by atoms with Crippen molar-refractivity contribution >= 4 is 11.5 Å². The lowest BCUT2D eigenvalue weighted by molar-refractivity contribution is -0.277. The average molecular weight is 479 g/mol. The third-order valence-electron chi connectivity index (χ3n) is 6.26. The molecule has 13 heteroatoms. The molecule has 0 radical (unpaired) electrons. The van der Waals surface area contributed by atoms with Crippen LogP contribution in [-0.2, 0) is 11.8 Å². The minimum absolute atomic E-state index is 0.0106. The van der Waals surface area contributed by atoms with Crippen molar-refractivity contribution in [3.05, 3.63) is 17.5 Å². The van der Waals surface area contributed by atoms with E-state index in [0.29, 0.717) is 38.2 Å². The van der Waals surface area contributed by atoms with Crippen LogP contribution in [0.25, 0.3) is 11.6 Å². The normalized spacial score (nSPS) is 23.2. The van der Waals surface area contributed by atoms with Gasteiger partial charge in [0.25, 0.3) is 11.8 Å². The minimum Gasteiger partial charge on any atom is -0.416 e. The van der Waals surface area contributed by atoms with Gasteiger partial charge < -0.3 is 20.2 Å². The Morgan fingerprint density at radius 3 is 2.33 bits per heavy atom. The molecular formula is C20H23F6N5O2. The molecule has 2 aliphatic rings. The Kier molecular flexibility index (Phi) is 5.95. The molecule has 3 N–H and O–H groups in total. The first-order valence-corrected chi connectivity index (χ1v) is 10.7. The second-order valence-corrected chi connectivity index (χ2v) is 8.51. The maximum atomic E-state index is 13.9. The van der Waals surface area contributed by atoms with Crippen molar-refractivity contribution in [1.82, 2.24) is 15.2 Å². The molecule has 2 aromatic heterocycles. The summed E-state index contributed by atoms with van der Waals surface area (Å²) in [6.07, 6.45) is -6.96. The maximum absolute atomic E-state index is 13.9. The zero-order valence-corrected chi connectivity index (χ0v) is 17.5. The summed E-state index contributed by atoms with van der Waals surface area (Å²) >= 11 is 0. The molecule has 0 amide bonds. The van der Waals surface area contributed by atoms with Crippen molar-refractivity contribution in [2.24, 2.45) is 0 Å². The zero-order chi connectivity index (χ0) is 24.0. The van der Waals surface area contributed by atoms with Crippen LogP contribution in [-0.4, -0.2) is 39.1 Å². The molecule has 182 valence electrons. The van der Waals surface area contributed by atoms with E-state index in [1.807, 2.05) is 0 Å². The zero-order valence-electron chi connectivity index (χ0n) is 17.5. The van der Waals surface area contributed by atoms with Crippen molar-refractivity contribution in [3.8, 4) is 11.6 Å². The predicted octanol–water partition coefficient (Wildman–Crippen LogP) is 4.81. The number of hydrogen-bond donors (Lipinski definition) is 2. The lowest BCUT2D eigenvalue weighted by Gasteiger charge is -2.39. The summed E-state index contributed by atoms with van der Waals surface area (Å²) in [4.78, 5) is 5.69. The van der Waals surface area contributed by atoms with Crippen LogP contribution in [0.4, 0.5) is 37.8 Å². The first kappa shape index (κ1) is 23.6. The molecule has 1 fully saturated rings. The Balaban J connectivity index is 1.88. The molecule has 1 unspecified atom stereocenters. The van der Waals surface area contributed by atoms with E-state index in [9.17, 15) is 31.4 Å². The molecule has 4 bridgehead atoms. The number of aromatic nitrogens is 3. The number of halogens is 6. The van der Waals surface area contributed by atoms with Gasteiger partial charge in [-0.05, 0) is 44.6 Å². The van der Waals surface area contributed by atoms with Crippen LogP contribution in [0.5, 0.6) is 0 Å². The van der Waals surface area contributed by atoms with Crippen molar-refractivity contribution in [2.75, 3.05) is 17.2 Å². The number of nitrogen functional groups attached to an aromatic ring is 1. The molecule has 2 aromatic rings. The van der Waals surface area contributed by atoms with Gasteiger partial charge in [-0.25, -0.2) is 4.98 Å². The van der Waals surface area contributed by atoms with Gasteiger partial charge in [-0.3, -0.25) is 0 Å². The summed E-state index contributed by atoms with van der Waals surface area (Å²) in [5, 5.41) is 17.3. The van der Waals surface area contributed by atoms with Crippen molar-refractivity contribution in [1.29, 1.82) is 0 Å². The Hall–Kier alpha value is -2.57. The van der Waals surface area contributed by atoms with Gasteiger partial charge in [0.2, 0.25) is 5.60 Å². The smallest absolute Gasteiger partial charge is 0.416 e. The SMILES string of the molecule is Nc1cc(C(F)(F)F)c2nc1-c1nnc(o1)C(O)(C(F)(F)F)CCCCCCN2C1CCC1. The molecule has 0 aromatic carbocycles. The van der Waals surface area contributed by atoms with Crippen LogP contribution in [0, 0.1) is 0 Å². The number of aliphatic hydroxyl groups is 1. The van der Waals surface area contributed by atoms with E-state index in [2.05, 4.69) is 15.2 Å². The van der Waals surface area contributed by atoms with Crippen LogP contribution >= 0.6 is 0 Å². The Morgan fingerprint density at radius 1 is 1.03 bits per heavy atom. The first-order chi connectivity index (χ1) is 15.4. The van der Waals surface area contributed by atoms with Gasteiger partial charge >= 0.3 is 12.4 Å². The lowest BCUT2D eigenvalue weighted by Crippen LogP contribution is -2.43. The number of nitrogens with two attached hydrogens (primary N) is 1. The molecule has 1 aliphatic heterocycles. The summed E-state index contributed by atoms with van der Waals surface area (Å²) in [5.74, 6) is -2.05. The summed E-state index contributed by atoms with van der Waals surface area (Å²) in [6, 6.07) is 0.561. The summed E-state index contributed by atoms with van der Waals surface area (Å²) in [7, 11) is 0. The maximum Gasteiger partial charge on any atom is 0.426 e. The fourth-order valence-corrected chi connectivity index (χ4v) is 4.15. The van der Waals surface area contributed by atoms with Gasteiger partial charge in [-0.1, -0.05) is 12.8 Å². The molecule has 0 spiro atoms. The van der Waals surface area contributed by atoms with Gasteiger partial charge in [-0.2, -0.15) is 26.3 Å². The highest BCUT2D eigenvalue weighted by Crippen LogP contribution is 2.45. The molecular weight excluding hydrogens is 456 g/mol. The minimum atomic E-state index is -5.10. The third kappa shape index (κ3) is 4.34. The molecule has 1 atom stereocenters. The first-order valence-electron chi connectivity index (χ1n) is 10.7. The molecule has 3 heterocycles. The van der Waals surface area contributed by atoms with Crippen LogP contribution in [0.15, 0.2) is 10.5 Å². The van der Waals surface area contributed by atoms with Gasteiger partial charge in [0.1, 0.15) is 11.4 Å². The molecule has 33 heavy (non-hydrogen) atoms. The number of anilines is 2. The highest BCUT2D eigenvalue weighted by atomic mass is 19.4. The van der Waals surface area contributed by atoms with E-state index in [4.69, 9.17) is 10.2 Å². The van der Waals surface area contributed by atoms with Gasteiger partial charge in [-0.15, -0.1) is 10.2 Å². The molecule has 4 rings (SSSR count). The lowest BCUT2D eigenvalue weighted by atomic mass is 9.90. The van der Waals surface area contributed by atoms with Gasteiger partial charge in [0.05, 0.1) is 5.69 Å². The van der Waals surface area contributed by atoms with E-state index < -0.39 is 47.4 Å². The second-order valence-electron chi connectivity index (χ2n) is 8.51. The van der Waals surface area contributed by atoms with E-state index in [1.165, 1.54) is 0 Å². The largest absolute Gasteiger partial charge is 0.426 e. The quantitative estimate of drug-likeness (QED) is 0.567. The highest BCUT2D eigenvalue weighted by molar-refractivity contribution is 5.71. The number of alkyl halides is 6. The predicted molar refractivity (Wildman–Crippen MR) is 105 cm³/mol. The number of fused-ring (bicyclic) bond motifs is 5. The van der Waals surface area contributed by atoms with E-state index in [0.717, 1.165) is 6.42 Å². The molecule has 1 aliphatic carbocycles. The van der Waals surface area contributed by atoms with Crippen molar-refractivity contribution < 1.29 is 35.9 Å². The summed E-state index contributed by atoms with van der Waals surface area (Å²) in [5.41, 5.74) is 0.545. The molecule has 0 saturated heterocycles. The van der Waals surface area contributed by atoms with E-state index >= 15 is 0 Å². The number of pyridine rings is 1. The van der Waals surface area contributed by atoms with Gasteiger partial charge in [0.15, 0.2) is 5.69 Å². The highest BCUT2D eigenvalue weighted by Gasteiger charge is 2.58. The number of hydrogen-bond acceptors (Lipinski definition) is 7. The van der Waals surface area contributed by atoms with E-state index in [-0.39, 0.29) is 30.5 Å². The number of rotatable bonds is 1. The van der Waals surface area contributed by atoms with Gasteiger partial charge in [0, 0.05) is 12.6 Å². The summed E-state index contributed by atoms with van der Waals surface area (Å²) < 4.78 is 87.8. The second kappa shape index (κ2) is 8.33. The topological polar surface area (TPSA) is 101 Å². The third-order valence-corrected chi connectivity index (χ3v) is 6.26. The molecule has 1 saturated carbocycles. The van der Waals surface area contributed by atoms with Crippen LogP contribution in [0.3, 0.4) is 0 Å². The Bertz CT molecular complexity index is 1000. The fraction of sp³-hybridized carbons (Fsp3) is 0.650. The van der Waals surface area contributed by atoms with Crippen molar-refractivity contribution in [3.63, 3.8) is 0 Å². The number of nitrogens with zero attached hydrogens (tertiary/aromatic N) is 4. The Labute approximate surface area is 185 Å². The van der Waals surface area contributed by atoms with E-state index in [1.54, 1.807) is 4.90 Å². The van der Waals surface area contributed by atoms with Crippen LogP contribution in [0.2, 0.25) is 0 Å². The average Bonchev–Trinajstić information content (AvgIpc) is 3.16. The summed E-state index contributed by atoms with van der Waals surface area (Å²) in [6.45, 7) is 0.253. The van der Waals surface area contributed by atoms with Crippen molar-refractivity contribution in [2.45, 2.75) is 75.4 Å². The Morgan fingerprint density at radius 2 is 1.73 bits per heavy atom. The monoisotopic (exact) mass is 479 g/mol. The fourth-order valence-electron chi connectivity index (χ4n) is 4.15.